The van der Waals surface area contributed by atoms with Crippen LogP contribution in [0.5, 0.6) is 0 Å². The van der Waals surface area contributed by atoms with Gasteiger partial charge < -0.3 is 23.5 Å². The summed E-state index contributed by atoms with van der Waals surface area (Å²) < 4.78 is 14.7. The van der Waals surface area contributed by atoms with Crippen molar-refractivity contribution in [1.82, 2.24) is 14.5 Å². The SMILES string of the molecule is CN1CN(C2CCC(CO[Si](C)(C)C(C)(C)C)CC2)c2c(cnc3c2ccn3COCC[Si](C)(C)C)C1=O. The fourth-order valence-corrected chi connectivity index (χ4v) is 7.11. The zero-order chi connectivity index (χ0) is 27.9. The molecule has 0 unspecified atom stereocenters. The van der Waals surface area contributed by atoms with E-state index in [0.717, 1.165) is 48.8 Å². The number of ether oxygens (including phenoxy) is 1. The molecular formula is C29H50N4O3Si2. The van der Waals surface area contributed by atoms with Crippen LogP contribution in [0.25, 0.3) is 11.0 Å². The van der Waals surface area contributed by atoms with E-state index in [-0.39, 0.29) is 10.9 Å². The zero-order valence-corrected chi connectivity index (χ0v) is 27.3. The highest BCUT2D eigenvalue weighted by molar-refractivity contribution is 6.76. The summed E-state index contributed by atoms with van der Waals surface area (Å²) in [5.41, 5.74) is 2.67. The molecule has 0 aromatic carbocycles. The van der Waals surface area contributed by atoms with E-state index in [1.807, 2.05) is 11.9 Å². The van der Waals surface area contributed by atoms with Gasteiger partial charge in [0.05, 0.1) is 17.9 Å². The molecule has 38 heavy (non-hydrogen) atoms. The van der Waals surface area contributed by atoms with E-state index in [9.17, 15) is 4.79 Å². The summed E-state index contributed by atoms with van der Waals surface area (Å²) in [4.78, 5) is 22.2. The van der Waals surface area contributed by atoms with Crippen molar-refractivity contribution in [2.45, 2.75) is 103 Å². The number of anilines is 1. The van der Waals surface area contributed by atoms with E-state index in [2.05, 4.69) is 75.2 Å². The van der Waals surface area contributed by atoms with Crippen LogP contribution in [0.1, 0.15) is 56.8 Å². The molecule has 4 rings (SSSR count). The highest BCUT2D eigenvalue weighted by Gasteiger charge is 2.39. The van der Waals surface area contributed by atoms with Gasteiger partial charge in [-0.3, -0.25) is 4.79 Å². The molecule has 9 heteroatoms. The van der Waals surface area contributed by atoms with Gasteiger partial charge in [-0.1, -0.05) is 40.4 Å². The molecule has 1 amide bonds. The molecule has 3 heterocycles. The summed E-state index contributed by atoms with van der Waals surface area (Å²) in [5.74, 6) is 0.678. The summed E-state index contributed by atoms with van der Waals surface area (Å²) >= 11 is 0. The van der Waals surface area contributed by atoms with E-state index >= 15 is 0 Å². The van der Waals surface area contributed by atoms with Crippen LogP contribution in [-0.2, 0) is 15.9 Å². The van der Waals surface area contributed by atoms with Gasteiger partial charge in [-0.2, -0.15) is 0 Å². The first kappa shape index (κ1) is 29.3. The normalized spacial score (nSPS) is 21.3. The van der Waals surface area contributed by atoms with E-state index in [1.165, 1.54) is 12.8 Å². The summed E-state index contributed by atoms with van der Waals surface area (Å²) in [6.07, 6.45) is 8.42. The van der Waals surface area contributed by atoms with Gasteiger partial charge in [0.15, 0.2) is 8.32 Å². The summed E-state index contributed by atoms with van der Waals surface area (Å²) in [7, 11) is -0.951. The second-order valence-corrected chi connectivity index (χ2v) is 24.7. The first-order valence-corrected chi connectivity index (χ1v) is 21.0. The van der Waals surface area contributed by atoms with Gasteiger partial charge in [0.1, 0.15) is 12.4 Å². The number of hydrogen-bond acceptors (Lipinski definition) is 5. The van der Waals surface area contributed by atoms with E-state index in [1.54, 1.807) is 6.20 Å². The molecular weight excluding hydrogens is 509 g/mol. The molecule has 1 fully saturated rings. The summed E-state index contributed by atoms with van der Waals surface area (Å²) in [6.45, 7) is 21.5. The maximum atomic E-state index is 13.1. The maximum Gasteiger partial charge on any atom is 0.258 e. The minimum absolute atomic E-state index is 0.0567. The molecule has 0 atom stereocenters. The van der Waals surface area contributed by atoms with Crippen molar-refractivity contribution in [3.05, 3.63) is 24.0 Å². The van der Waals surface area contributed by atoms with Crippen LogP contribution in [0, 0.1) is 5.92 Å². The highest BCUT2D eigenvalue weighted by atomic mass is 28.4. The topological polar surface area (TPSA) is 59.8 Å². The molecule has 2 aromatic rings. The van der Waals surface area contributed by atoms with Crippen LogP contribution >= 0.6 is 0 Å². The van der Waals surface area contributed by atoms with Crippen molar-refractivity contribution in [1.29, 1.82) is 0 Å². The predicted molar refractivity (Wildman–Crippen MR) is 162 cm³/mol. The third-order valence-corrected chi connectivity index (χ3v) is 15.2. The molecule has 2 aromatic heterocycles. The Morgan fingerprint density at radius 1 is 1.08 bits per heavy atom. The van der Waals surface area contributed by atoms with Crippen molar-refractivity contribution >= 4 is 39.0 Å². The predicted octanol–water partition coefficient (Wildman–Crippen LogP) is 6.78. The maximum absolute atomic E-state index is 13.1. The second kappa shape index (κ2) is 11.1. The molecule has 0 bridgehead atoms. The van der Waals surface area contributed by atoms with Gasteiger partial charge in [0, 0.05) is 52.2 Å². The van der Waals surface area contributed by atoms with Gasteiger partial charge >= 0.3 is 0 Å². The number of amides is 1. The van der Waals surface area contributed by atoms with E-state index in [4.69, 9.17) is 14.1 Å². The Labute approximate surface area is 232 Å². The van der Waals surface area contributed by atoms with Gasteiger partial charge in [0.25, 0.3) is 5.91 Å². The minimum Gasteiger partial charge on any atom is -0.417 e. The minimum atomic E-state index is -1.72. The average molecular weight is 559 g/mol. The van der Waals surface area contributed by atoms with Gasteiger partial charge in [-0.05, 0) is 61.8 Å². The van der Waals surface area contributed by atoms with Gasteiger partial charge in [-0.25, -0.2) is 4.98 Å². The lowest BCUT2D eigenvalue weighted by Crippen LogP contribution is -2.50. The van der Waals surface area contributed by atoms with Crippen LogP contribution in [-0.4, -0.2) is 69.7 Å². The Hall–Kier alpha value is -1.69. The standard InChI is InChI=1S/C29H50N4O3Si2/c1-29(2,3)38(8,9)36-19-22-10-12-23(13-11-22)33-20-31(4)28(34)25-18-30-27-24(26(25)33)14-15-32(27)21-35-16-17-37(5,6)7/h14-15,18,22-23H,10-13,16-17,19-21H2,1-9H3. The molecule has 1 saturated carbocycles. The molecule has 212 valence electrons. The Morgan fingerprint density at radius 3 is 2.39 bits per heavy atom. The number of fused-ring (bicyclic) bond motifs is 3. The Morgan fingerprint density at radius 2 is 1.76 bits per heavy atom. The van der Waals surface area contributed by atoms with Crippen LogP contribution in [0.4, 0.5) is 5.69 Å². The Bertz CT molecular complexity index is 1130. The molecule has 2 aliphatic rings. The third-order valence-electron chi connectivity index (χ3n) is 8.96. The largest absolute Gasteiger partial charge is 0.417 e. The smallest absolute Gasteiger partial charge is 0.258 e. The first-order valence-electron chi connectivity index (χ1n) is 14.4. The molecule has 0 spiro atoms. The molecule has 7 nitrogen and oxygen atoms in total. The molecule has 1 aliphatic heterocycles. The lowest BCUT2D eigenvalue weighted by Gasteiger charge is -2.44. The number of nitrogens with zero attached hydrogens (tertiary/aromatic N) is 4. The number of rotatable bonds is 9. The van der Waals surface area contributed by atoms with Gasteiger partial charge in [0.2, 0.25) is 0 Å². The lowest BCUT2D eigenvalue weighted by molar-refractivity contribution is 0.0773. The Kier molecular flexibility index (Phi) is 8.53. The molecule has 0 radical (unpaired) electrons. The number of pyridine rings is 1. The van der Waals surface area contributed by atoms with Crippen LogP contribution in [0.15, 0.2) is 18.5 Å². The van der Waals surface area contributed by atoms with Crippen molar-refractivity contribution in [3.8, 4) is 0 Å². The van der Waals surface area contributed by atoms with E-state index < -0.39 is 16.4 Å². The number of carbonyl (C=O) groups is 1. The number of hydrogen-bond donors (Lipinski definition) is 0. The number of aromatic nitrogens is 2. The Balaban J connectivity index is 1.48. The molecule has 1 aliphatic carbocycles. The van der Waals surface area contributed by atoms with Crippen molar-refractivity contribution in [2.75, 3.05) is 31.8 Å². The van der Waals surface area contributed by atoms with E-state index in [0.29, 0.717) is 30.9 Å². The van der Waals surface area contributed by atoms with Crippen molar-refractivity contribution in [3.63, 3.8) is 0 Å². The highest BCUT2D eigenvalue weighted by Crippen LogP contribution is 2.41. The first-order chi connectivity index (χ1) is 17.7. The second-order valence-electron chi connectivity index (χ2n) is 14.3. The van der Waals surface area contributed by atoms with Crippen LogP contribution < -0.4 is 4.90 Å². The number of carbonyl (C=O) groups excluding carboxylic acids is 1. The summed E-state index contributed by atoms with van der Waals surface area (Å²) in [5, 5.41) is 1.30. The van der Waals surface area contributed by atoms with Gasteiger partial charge in [-0.15, -0.1) is 0 Å². The molecule has 0 saturated heterocycles. The quantitative estimate of drug-likeness (QED) is 0.251. The van der Waals surface area contributed by atoms with Crippen LogP contribution in [0.3, 0.4) is 0 Å². The lowest BCUT2D eigenvalue weighted by atomic mass is 9.85. The fraction of sp³-hybridized carbons (Fsp3) is 0.724. The zero-order valence-electron chi connectivity index (χ0n) is 25.3. The monoisotopic (exact) mass is 558 g/mol. The molecule has 0 N–H and O–H groups in total. The van der Waals surface area contributed by atoms with Crippen LogP contribution in [0.2, 0.25) is 43.8 Å². The summed E-state index contributed by atoms with van der Waals surface area (Å²) in [6, 6.07) is 3.68. The average Bonchev–Trinajstić information content (AvgIpc) is 3.25. The van der Waals surface area contributed by atoms with Crippen molar-refractivity contribution < 1.29 is 14.0 Å². The van der Waals surface area contributed by atoms with Crippen molar-refractivity contribution in [2.24, 2.45) is 5.92 Å². The third kappa shape index (κ3) is 6.37. The fourth-order valence-electron chi connectivity index (χ4n) is 5.27.